The molecule has 3 N–H and O–H groups in total. The lowest BCUT2D eigenvalue weighted by Gasteiger charge is -2.14. The van der Waals surface area contributed by atoms with Gasteiger partial charge >= 0.3 is 0 Å². The van der Waals surface area contributed by atoms with E-state index >= 15 is 4.39 Å². The highest BCUT2D eigenvalue weighted by molar-refractivity contribution is 5.93. The van der Waals surface area contributed by atoms with Crippen molar-refractivity contribution in [3.05, 3.63) is 107 Å². The van der Waals surface area contributed by atoms with Crippen molar-refractivity contribution in [3.8, 4) is 34.1 Å². The van der Waals surface area contributed by atoms with E-state index in [0.29, 0.717) is 50.5 Å². The summed E-state index contributed by atoms with van der Waals surface area (Å²) in [6.07, 6.45) is 4.61. The topological polar surface area (TPSA) is 119 Å². The number of aromatic nitrogens is 3. The summed E-state index contributed by atoms with van der Waals surface area (Å²) in [5.74, 6) is 0.259. The van der Waals surface area contributed by atoms with Gasteiger partial charge in [-0.3, -0.25) is 9.78 Å². The van der Waals surface area contributed by atoms with Crippen molar-refractivity contribution >= 4 is 33.3 Å². The van der Waals surface area contributed by atoms with Gasteiger partial charge in [0.1, 0.15) is 24.0 Å². The zero-order valence-corrected chi connectivity index (χ0v) is 22.7. The standard InChI is InChI=1S/C32H24F2N4O5/c1-41-28-15-21-25(16-29(28)42-13-12-39)35-11-9-26(21)43-27-7-6-20(14-23(27)34)38-32-30-24(8-10-36-32)37-17-22(31(30)40)18-2-4-19(33)5-3-18/h2-11,14-17,39H,12-13H2,1H3,(H,36,38)(H,37,40). The normalized spacial score (nSPS) is 11.1. The second-order valence-corrected chi connectivity index (χ2v) is 9.39. The summed E-state index contributed by atoms with van der Waals surface area (Å²) in [5.41, 5.74) is 1.95. The minimum Gasteiger partial charge on any atom is -0.493 e. The first-order chi connectivity index (χ1) is 20.9. The lowest BCUT2D eigenvalue weighted by molar-refractivity contribution is 0.196. The molecule has 9 nitrogen and oxygen atoms in total. The molecule has 0 radical (unpaired) electrons. The first kappa shape index (κ1) is 27.6. The van der Waals surface area contributed by atoms with Crippen molar-refractivity contribution < 1.29 is 28.1 Å². The summed E-state index contributed by atoms with van der Waals surface area (Å²) in [6, 6.07) is 16.5. The third kappa shape index (κ3) is 5.53. The minimum absolute atomic E-state index is 0.0417. The van der Waals surface area contributed by atoms with Crippen molar-refractivity contribution in [3.63, 3.8) is 0 Å². The Labute approximate surface area is 243 Å². The van der Waals surface area contributed by atoms with Crippen LogP contribution >= 0.6 is 0 Å². The summed E-state index contributed by atoms with van der Waals surface area (Å²) in [7, 11) is 1.48. The number of aliphatic hydroxyl groups excluding tert-OH is 1. The number of nitrogens with one attached hydrogen (secondary N) is 2. The number of hydrogen-bond acceptors (Lipinski definition) is 8. The Morgan fingerprint density at radius 1 is 0.907 bits per heavy atom. The molecule has 0 aliphatic heterocycles. The van der Waals surface area contributed by atoms with E-state index in [1.807, 2.05) is 0 Å². The molecule has 0 amide bonds. The summed E-state index contributed by atoms with van der Waals surface area (Å²) < 4.78 is 45.6. The zero-order chi connectivity index (χ0) is 29.9. The second kappa shape index (κ2) is 11.7. The van der Waals surface area contributed by atoms with Crippen molar-refractivity contribution in [2.75, 3.05) is 25.6 Å². The molecule has 3 heterocycles. The van der Waals surface area contributed by atoms with Crippen molar-refractivity contribution in [2.24, 2.45) is 0 Å². The second-order valence-electron chi connectivity index (χ2n) is 9.39. The zero-order valence-electron chi connectivity index (χ0n) is 22.7. The SMILES string of the molecule is COc1cc2c(Oc3ccc(Nc4nccc5[nH]cc(-c6ccc(F)cc6)c(=O)c45)cc3F)ccnc2cc1OCCO. The number of ether oxygens (including phenoxy) is 3. The number of anilines is 2. The van der Waals surface area contributed by atoms with E-state index in [1.165, 1.54) is 55.9 Å². The number of methoxy groups -OCH3 is 1. The first-order valence-electron chi connectivity index (χ1n) is 13.2. The van der Waals surface area contributed by atoms with Gasteiger partial charge in [0, 0.05) is 47.4 Å². The predicted octanol–water partition coefficient (Wildman–Crippen LogP) is 6.33. The number of halogens is 2. The molecule has 6 aromatic rings. The smallest absolute Gasteiger partial charge is 0.200 e. The van der Waals surface area contributed by atoms with Crippen LogP contribution in [0.1, 0.15) is 0 Å². The molecule has 3 aromatic heterocycles. The van der Waals surface area contributed by atoms with Gasteiger partial charge in [-0.1, -0.05) is 12.1 Å². The Balaban J connectivity index is 1.30. The number of rotatable bonds is 9. The van der Waals surface area contributed by atoms with Gasteiger partial charge in [0.15, 0.2) is 23.1 Å². The fourth-order valence-corrected chi connectivity index (χ4v) is 4.66. The van der Waals surface area contributed by atoms with Gasteiger partial charge < -0.3 is 29.6 Å². The van der Waals surface area contributed by atoms with Crippen LogP contribution in [0.25, 0.3) is 32.9 Å². The van der Waals surface area contributed by atoms with Crippen LogP contribution in [0.4, 0.5) is 20.3 Å². The number of aromatic amines is 1. The summed E-state index contributed by atoms with van der Waals surface area (Å²) >= 11 is 0. The maximum absolute atomic E-state index is 15.3. The highest BCUT2D eigenvalue weighted by atomic mass is 19.1. The van der Waals surface area contributed by atoms with E-state index in [9.17, 15) is 9.18 Å². The predicted molar refractivity (Wildman–Crippen MR) is 158 cm³/mol. The number of H-pyrrole nitrogens is 1. The van der Waals surface area contributed by atoms with Crippen molar-refractivity contribution in [1.29, 1.82) is 0 Å². The summed E-state index contributed by atoms with van der Waals surface area (Å²) in [6.45, 7) is -0.0757. The molecule has 11 heteroatoms. The van der Waals surface area contributed by atoms with E-state index in [1.54, 1.807) is 36.5 Å². The van der Waals surface area contributed by atoms with E-state index in [0.717, 1.165) is 0 Å². The molecule has 3 aromatic carbocycles. The molecular weight excluding hydrogens is 558 g/mol. The Bertz CT molecular complexity index is 2020. The molecule has 0 spiro atoms. The Hall–Kier alpha value is -5.55. The van der Waals surface area contributed by atoms with Crippen LogP contribution in [0.2, 0.25) is 0 Å². The molecule has 0 bridgehead atoms. The largest absolute Gasteiger partial charge is 0.493 e. The van der Waals surface area contributed by atoms with Crippen LogP contribution < -0.4 is 25.0 Å². The molecule has 0 aliphatic carbocycles. The van der Waals surface area contributed by atoms with Gasteiger partial charge in [0.25, 0.3) is 0 Å². The highest BCUT2D eigenvalue weighted by Gasteiger charge is 2.16. The van der Waals surface area contributed by atoms with Gasteiger partial charge in [-0.05, 0) is 48.0 Å². The fourth-order valence-electron chi connectivity index (χ4n) is 4.66. The van der Waals surface area contributed by atoms with E-state index in [-0.39, 0.29) is 35.6 Å². The molecule has 0 atom stereocenters. The maximum Gasteiger partial charge on any atom is 0.200 e. The fraction of sp³-hybridized carbons (Fsp3) is 0.0938. The molecule has 43 heavy (non-hydrogen) atoms. The van der Waals surface area contributed by atoms with Gasteiger partial charge in [-0.25, -0.2) is 13.8 Å². The molecule has 6 rings (SSSR count). The number of aliphatic hydroxyl groups is 1. The molecule has 216 valence electrons. The number of hydrogen-bond donors (Lipinski definition) is 3. The Morgan fingerprint density at radius 2 is 1.72 bits per heavy atom. The van der Waals surface area contributed by atoms with Crippen molar-refractivity contribution in [2.45, 2.75) is 0 Å². The average molecular weight is 583 g/mol. The average Bonchev–Trinajstić information content (AvgIpc) is 3.02. The Morgan fingerprint density at radius 3 is 2.49 bits per heavy atom. The van der Waals surface area contributed by atoms with E-state index in [2.05, 4.69) is 20.3 Å². The molecule has 0 fully saturated rings. The van der Waals surface area contributed by atoms with Gasteiger partial charge in [0.05, 0.1) is 30.1 Å². The molecule has 0 unspecified atom stereocenters. The number of pyridine rings is 3. The third-order valence-electron chi connectivity index (χ3n) is 6.70. The van der Waals surface area contributed by atoms with Crippen LogP contribution in [0.15, 0.2) is 90.1 Å². The summed E-state index contributed by atoms with van der Waals surface area (Å²) in [4.78, 5) is 25.2. The summed E-state index contributed by atoms with van der Waals surface area (Å²) in [5, 5.41) is 13.0. The van der Waals surface area contributed by atoms with Crippen molar-refractivity contribution in [1.82, 2.24) is 15.0 Å². The number of benzene rings is 3. The number of nitrogens with zero attached hydrogens (tertiary/aromatic N) is 2. The minimum atomic E-state index is -0.661. The monoisotopic (exact) mass is 582 g/mol. The van der Waals surface area contributed by atoms with Crippen LogP contribution in [0.3, 0.4) is 0 Å². The quantitative estimate of drug-likeness (QED) is 0.181. The van der Waals surface area contributed by atoms with E-state index in [4.69, 9.17) is 19.3 Å². The molecule has 0 saturated carbocycles. The van der Waals surface area contributed by atoms with Crippen LogP contribution in [-0.4, -0.2) is 40.4 Å². The van der Waals surface area contributed by atoms with Gasteiger partial charge in [-0.2, -0.15) is 0 Å². The van der Waals surface area contributed by atoms with E-state index < -0.39 is 11.6 Å². The highest BCUT2D eigenvalue weighted by Crippen LogP contribution is 2.38. The maximum atomic E-state index is 15.3. The van der Waals surface area contributed by atoms with Crippen LogP contribution in [-0.2, 0) is 0 Å². The lowest BCUT2D eigenvalue weighted by atomic mass is 10.0. The molecular formula is C32H24F2N4O5. The first-order valence-corrected chi connectivity index (χ1v) is 13.2. The number of fused-ring (bicyclic) bond motifs is 2. The molecule has 0 aliphatic rings. The van der Waals surface area contributed by atoms with Gasteiger partial charge in [-0.15, -0.1) is 0 Å². The molecule has 0 saturated heterocycles. The third-order valence-corrected chi connectivity index (χ3v) is 6.70. The lowest BCUT2D eigenvalue weighted by Crippen LogP contribution is -2.10. The van der Waals surface area contributed by atoms with Gasteiger partial charge in [0.2, 0.25) is 5.43 Å². The van der Waals surface area contributed by atoms with Crippen LogP contribution in [0, 0.1) is 11.6 Å². The Kier molecular flexibility index (Phi) is 7.54. The van der Waals surface area contributed by atoms with Crippen LogP contribution in [0.5, 0.6) is 23.0 Å².